The van der Waals surface area contributed by atoms with E-state index >= 15 is 0 Å². The van der Waals surface area contributed by atoms with Crippen LogP contribution in [0.15, 0.2) is 0 Å². The molecule has 0 fully saturated rings. The van der Waals surface area contributed by atoms with E-state index in [2.05, 4.69) is 10.6 Å². The monoisotopic (exact) mass is 316 g/mol. The van der Waals surface area contributed by atoms with Crippen LogP contribution in [0.2, 0.25) is 0 Å². The fourth-order valence-corrected chi connectivity index (χ4v) is 2.32. The summed E-state index contributed by atoms with van der Waals surface area (Å²) in [6.45, 7) is 7.88. The molecule has 4 N–H and O–H groups in total. The molecule has 0 unspecified atom stereocenters. The Bertz CT molecular complexity index is 300. The van der Waals surface area contributed by atoms with Crippen LogP contribution in [-0.4, -0.2) is 47.3 Å². The molecular formula is C16H32N2O4. The molecule has 0 aliphatic heterocycles. The second-order valence-electron chi connectivity index (χ2n) is 6.65. The van der Waals surface area contributed by atoms with E-state index in [9.17, 15) is 19.8 Å². The van der Waals surface area contributed by atoms with E-state index in [0.29, 0.717) is 24.7 Å². The Balaban J connectivity index is 4.09. The van der Waals surface area contributed by atoms with Gasteiger partial charge in [-0.25, -0.2) is 0 Å². The molecule has 0 aliphatic carbocycles. The van der Waals surface area contributed by atoms with Gasteiger partial charge in [-0.1, -0.05) is 27.7 Å². The van der Waals surface area contributed by atoms with Crippen molar-refractivity contribution in [2.75, 3.05) is 13.2 Å². The van der Waals surface area contributed by atoms with Crippen molar-refractivity contribution in [3.63, 3.8) is 0 Å². The Labute approximate surface area is 133 Å². The molecule has 0 radical (unpaired) electrons. The Morgan fingerprint density at radius 2 is 1.09 bits per heavy atom. The van der Waals surface area contributed by atoms with Crippen LogP contribution in [0.1, 0.15) is 53.4 Å². The van der Waals surface area contributed by atoms with Gasteiger partial charge < -0.3 is 20.8 Å². The van der Waals surface area contributed by atoms with Gasteiger partial charge in [0.05, 0.1) is 25.3 Å². The summed E-state index contributed by atoms with van der Waals surface area (Å²) < 4.78 is 0. The molecule has 22 heavy (non-hydrogen) atoms. The van der Waals surface area contributed by atoms with Crippen LogP contribution in [0.3, 0.4) is 0 Å². The molecule has 0 spiro atoms. The van der Waals surface area contributed by atoms with Crippen LogP contribution in [-0.2, 0) is 9.59 Å². The smallest absolute Gasteiger partial charge is 0.220 e. The molecule has 2 atom stereocenters. The second-order valence-corrected chi connectivity index (χ2v) is 6.65. The van der Waals surface area contributed by atoms with Gasteiger partial charge in [-0.15, -0.1) is 0 Å². The highest BCUT2D eigenvalue weighted by Crippen LogP contribution is 2.06. The first kappa shape index (κ1) is 20.9. The highest BCUT2D eigenvalue weighted by molar-refractivity contribution is 5.83. The Morgan fingerprint density at radius 3 is 1.32 bits per heavy atom. The largest absolute Gasteiger partial charge is 0.394 e. The minimum Gasteiger partial charge on any atom is -0.394 e. The van der Waals surface area contributed by atoms with E-state index in [1.165, 1.54) is 0 Å². The predicted molar refractivity (Wildman–Crippen MR) is 86.2 cm³/mol. The van der Waals surface area contributed by atoms with Crippen molar-refractivity contribution in [3.05, 3.63) is 0 Å². The average Bonchev–Trinajstić information content (AvgIpc) is 2.42. The van der Waals surface area contributed by atoms with E-state index in [-0.39, 0.29) is 50.0 Å². The normalized spacial score (nSPS) is 14.0. The third-order valence-electron chi connectivity index (χ3n) is 3.26. The van der Waals surface area contributed by atoms with Crippen LogP contribution >= 0.6 is 0 Å². The predicted octanol–water partition coefficient (Wildman–Crippen LogP) is 0.813. The van der Waals surface area contributed by atoms with E-state index in [4.69, 9.17) is 0 Å². The summed E-state index contributed by atoms with van der Waals surface area (Å²) in [6.07, 6.45) is 1.57. The van der Waals surface area contributed by atoms with Crippen molar-refractivity contribution in [1.82, 2.24) is 10.6 Å². The van der Waals surface area contributed by atoms with E-state index in [1.807, 2.05) is 27.7 Å². The first-order chi connectivity index (χ1) is 10.3. The number of aliphatic hydroxyl groups is 2. The van der Waals surface area contributed by atoms with Gasteiger partial charge in [0.1, 0.15) is 0 Å². The lowest BCUT2D eigenvalue weighted by molar-refractivity contribution is -0.127. The topological polar surface area (TPSA) is 98.7 Å². The van der Waals surface area contributed by atoms with Crippen LogP contribution < -0.4 is 10.6 Å². The van der Waals surface area contributed by atoms with Crippen molar-refractivity contribution in [2.24, 2.45) is 11.8 Å². The van der Waals surface area contributed by atoms with Crippen LogP contribution in [0.4, 0.5) is 0 Å². The highest BCUT2D eigenvalue weighted by Gasteiger charge is 2.16. The summed E-state index contributed by atoms with van der Waals surface area (Å²) in [6, 6.07) is -0.525. The third kappa shape index (κ3) is 10.6. The van der Waals surface area contributed by atoms with Crippen LogP contribution in [0.25, 0.3) is 0 Å². The number of hydrogen-bond acceptors (Lipinski definition) is 4. The van der Waals surface area contributed by atoms with Crippen molar-refractivity contribution in [1.29, 1.82) is 0 Å². The molecule has 6 heteroatoms. The van der Waals surface area contributed by atoms with Gasteiger partial charge in [-0.3, -0.25) is 9.59 Å². The molecule has 0 aromatic carbocycles. The summed E-state index contributed by atoms with van der Waals surface area (Å²) in [5.74, 6) is 0.280. The van der Waals surface area contributed by atoms with Crippen LogP contribution in [0.5, 0.6) is 0 Å². The maximum atomic E-state index is 11.8. The first-order valence-corrected chi connectivity index (χ1v) is 8.08. The molecule has 0 saturated heterocycles. The summed E-state index contributed by atoms with van der Waals surface area (Å²) >= 11 is 0. The van der Waals surface area contributed by atoms with E-state index < -0.39 is 0 Å². The van der Waals surface area contributed by atoms with Crippen LogP contribution in [0, 0.1) is 11.8 Å². The van der Waals surface area contributed by atoms with Gasteiger partial charge in [0.15, 0.2) is 0 Å². The lowest BCUT2D eigenvalue weighted by Gasteiger charge is -2.19. The highest BCUT2D eigenvalue weighted by atomic mass is 16.3. The Kier molecular flexibility index (Phi) is 10.8. The minimum absolute atomic E-state index is 0.0836. The molecule has 0 aliphatic rings. The number of hydrogen-bond donors (Lipinski definition) is 4. The van der Waals surface area contributed by atoms with Crippen molar-refractivity contribution < 1.29 is 19.8 Å². The lowest BCUT2D eigenvalue weighted by atomic mass is 10.0. The maximum Gasteiger partial charge on any atom is 0.220 e. The fourth-order valence-electron chi connectivity index (χ4n) is 2.32. The van der Waals surface area contributed by atoms with E-state index in [0.717, 1.165) is 0 Å². The van der Waals surface area contributed by atoms with Crippen molar-refractivity contribution in [2.45, 2.75) is 65.5 Å². The van der Waals surface area contributed by atoms with Crippen molar-refractivity contribution in [3.8, 4) is 0 Å². The first-order valence-electron chi connectivity index (χ1n) is 8.08. The Hall–Kier alpha value is -1.14. The molecular weight excluding hydrogens is 284 g/mol. The molecule has 0 aromatic rings. The maximum absolute atomic E-state index is 11.8. The zero-order chi connectivity index (χ0) is 17.1. The minimum atomic E-state index is -0.262. The summed E-state index contributed by atoms with van der Waals surface area (Å²) in [5, 5.41) is 23.9. The summed E-state index contributed by atoms with van der Waals surface area (Å²) in [5.41, 5.74) is 0. The fraction of sp³-hybridized carbons (Fsp3) is 0.875. The lowest BCUT2D eigenvalue weighted by Crippen LogP contribution is -2.41. The quantitative estimate of drug-likeness (QED) is 0.453. The number of carbonyl (C=O) groups is 2. The number of nitrogens with one attached hydrogen (secondary N) is 2. The molecule has 0 saturated carbocycles. The second kappa shape index (κ2) is 11.4. The van der Waals surface area contributed by atoms with E-state index in [1.54, 1.807) is 0 Å². The molecule has 6 nitrogen and oxygen atoms in total. The average molecular weight is 316 g/mol. The zero-order valence-corrected chi connectivity index (χ0v) is 14.3. The molecule has 0 heterocycles. The van der Waals surface area contributed by atoms with Gasteiger partial charge in [0, 0.05) is 12.8 Å². The SMILES string of the molecule is CC(C)C[C@@H](CO)NC(=O)CCC(=O)N[C@H](CO)CC(C)C. The zero-order valence-electron chi connectivity index (χ0n) is 14.3. The third-order valence-corrected chi connectivity index (χ3v) is 3.26. The van der Waals surface area contributed by atoms with Crippen molar-refractivity contribution >= 4 is 11.8 Å². The summed E-state index contributed by atoms with van der Waals surface area (Å²) in [7, 11) is 0. The standard InChI is InChI=1S/C16H32N2O4/c1-11(2)7-13(9-19)17-15(21)5-6-16(22)18-14(10-20)8-12(3)4/h11-14,19-20H,5-10H2,1-4H3,(H,17,21)(H,18,22)/t13-,14-/m0/s1. The Morgan fingerprint density at radius 1 is 0.773 bits per heavy atom. The summed E-state index contributed by atoms with van der Waals surface area (Å²) in [4.78, 5) is 23.6. The van der Waals surface area contributed by atoms with Gasteiger partial charge in [-0.05, 0) is 24.7 Å². The number of carbonyl (C=O) groups excluding carboxylic acids is 2. The van der Waals surface area contributed by atoms with Gasteiger partial charge in [-0.2, -0.15) is 0 Å². The number of amides is 2. The van der Waals surface area contributed by atoms with Gasteiger partial charge in [0.2, 0.25) is 11.8 Å². The van der Waals surface area contributed by atoms with Gasteiger partial charge in [0.25, 0.3) is 0 Å². The molecule has 0 aromatic heterocycles. The number of aliphatic hydroxyl groups excluding tert-OH is 2. The molecule has 2 amide bonds. The molecule has 0 rings (SSSR count). The molecule has 130 valence electrons. The molecule has 0 bridgehead atoms. The number of rotatable bonds is 11. The van der Waals surface area contributed by atoms with Gasteiger partial charge >= 0.3 is 0 Å².